The predicted octanol–water partition coefficient (Wildman–Crippen LogP) is 2.48. The Morgan fingerprint density at radius 1 is 0.619 bits per heavy atom. The van der Waals surface area contributed by atoms with Gasteiger partial charge in [-0.1, -0.05) is 36.4 Å². The Morgan fingerprint density at radius 2 is 0.905 bits per heavy atom. The van der Waals surface area contributed by atoms with Crippen LogP contribution in [-0.4, -0.2) is 21.4 Å². The number of sulfone groups is 2. The van der Waals surface area contributed by atoms with Gasteiger partial charge in [0, 0.05) is 0 Å². The largest absolute Gasteiger partial charge is 0.453 e. The lowest BCUT2D eigenvalue weighted by Crippen LogP contribution is -2.37. The summed E-state index contributed by atoms with van der Waals surface area (Å²) in [4.78, 5) is -1.51. The van der Waals surface area contributed by atoms with Crippen molar-refractivity contribution in [3.8, 4) is 0 Å². The Labute approximate surface area is 120 Å². The fraction of sp³-hybridized carbons (Fsp3) is 0.0769. The van der Waals surface area contributed by atoms with Crippen LogP contribution in [0.5, 0.6) is 0 Å². The molecule has 2 aromatic carbocycles. The maximum absolute atomic E-state index is 14.2. The highest BCUT2D eigenvalue weighted by molar-refractivity contribution is 8.09. The highest BCUT2D eigenvalue weighted by atomic mass is 32.3. The zero-order valence-electron chi connectivity index (χ0n) is 10.5. The van der Waals surface area contributed by atoms with E-state index in [1.54, 1.807) is 0 Å². The van der Waals surface area contributed by atoms with Crippen LogP contribution in [0.15, 0.2) is 70.5 Å². The first-order valence-corrected chi connectivity index (χ1v) is 8.65. The molecule has 0 N–H and O–H groups in total. The Balaban J connectivity index is 2.62. The molecule has 0 radical (unpaired) electrons. The van der Waals surface area contributed by atoms with Crippen molar-refractivity contribution in [1.82, 2.24) is 0 Å². The number of hydrogen-bond acceptors (Lipinski definition) is 4. The van der Waals surface area contributed by atoms with E-state index in [2.05, 4.69) is 0 Å². The number of alkyl halides is 2. The summed E-state index contributed by atoms with van der Waals surface area (Å²) in [6, 6.07) is 11.5. The topological polar surface area (TPSA) is 68.3 Å². The second-order valence-corrected chi connectivity index (χ2v) is 8.34. The summed E-state index contributed by atoms with van der Waals surface area (Å²) in [5.41, 5.74) is 0. The molecular formula is C13H10F2O4S2. The van der Waals surface area contributed by atoms with Crippen molar-refractivity contribution in [2.45, 2.75) is 14.4 Å². The monoisotopic (exact) mass is 332 g/mol. The fourth-order valence-corrected chi connectivity index (χ4v) is 4.93. The lowest BCUT2D eigenvalue weighted by Gasteiger charge is -2.17. The van der Waals surface area contributed by atoms with Crippen molar-refractivity contribution in [2.24, 2.45) is 0 Å². The van der Waals surface area contributed by atoms with Crippen LogP contribution in [0, 0.1) is 0 Å². The molecule has 0 aromatic heterocycles. The summed E-state index contributed by atoms with van der Waals surface area (Å²) >= 11 is 0. The first kappa shape index (κ1) is 15.6. The van der Waals surface area contributed by atoms with Gasteiger partial charge in [-0.05, 0) is 24.3 Å². The van der Waals surface area contributed by atoms with Gasteiger partial charge in [0.1, 0.15) is 0 Å². The minimum Gasteiger partial charge on any atom is -0.216 e. The molecular weight excluding hydrogens is 322 g/mol. The van der Waals surface area contributed by atoms with Gasteiger partial charge in [-0.2, -0.15) is 8.78 Å². The number of benzene rings is 2. The van der Waals surface area contributed by atoms with E-state index in [1.165, 1.54) is 36.4 Å². The molecule has 0 aliphatic carbocycles. The summed E-state index contributed by atoms with van der Waals surface area (Å²) in [6.45, 7) is 0. The molecule has 0 bridgehead atoms. The van der Waals surface area contributed by atoms with E-state index in [-0.39, 0.29) is 0 Å². The van der Waals surface area contributed by atoms with Gasteiger partial charge in [-0.25, -0.2) is 16.8 Å². The molecule has 0 unspecified atom stereocenters. The van der Waals surface area contributed by atoms with Crippen LogP contribution in [0.2, 0.25) is 0 Å². The van der Waals surface area contributed by atoms with Gasteiger partial charge in [0.15, 0.2) is 0 Å². The molecule has 0 aliphatic rings. The molecule has 4 nitrogen and oxygen atoms in total. The summed E-state index contributed by atoms with van der Waals surface area (Å²) < 4.78 is 71.2. The van der Waals surface area contributed by atoms with Crippen molar-refractivity contribution in [3.05, 3.63) is 60.7 Å². The van der Waals surface area contributed by atoms with Crippen LogP contribution in [0.4, 0.5) is 8.78 Å². The molecule has 0 saturated carbocycles. The van der Waals surface area contributed by atoms with Gasteiger partial charge < -0.3 is 0 Å². The highest BCUT2D eigenvalue weighted by Gasteiger charge is 2.58. The van der Waals surface area contributed by atoms with Gasteiger partial charge in [-0.15, -0.1) is 0 Å². The molecule has 112 valence electrons. The third-order valence-electron chi connectivity index (χ3n) is 2.73. The molecule has 0 amide bonds. The normalized spacial score (nSPS) is 13.0. The summed E-state index contributed by atoms with van der Waals surface area (Å²) in [6.07, 6.45) is 0. The molecule has 2 rings (SSSR count). The van der Waals surface area contributed by atoms with Crippen molar-refractivity contribution in [1.29, 1.82) is 0 Å². The van der Waals surface area contributed by atoms with Crippen LogP contribution in [-0.2, 0) is 19.7 Å². The van der Waals surface area contributed by atoms with Crippen LogP contribution in [0.25, 0.3) is 0 Å². The van der Waals surface area contributed by atoms with Crippen molar-refractivity contribution in [2.75, 3.05) is 0 Å². The van der Waals surface area contributed by atoms with Crippen LogP contribution < -0.4 is 0 Å². The molecule has 8 heteroatoms. The second-order valence-electron chi connectivity index (χ2n) is 4.10. The van der Waals surface area contributed by atoms with Crippen molar-refractivity contribution < 1.29 is 25.6 Å². The SMILES string of the molecule is O=S(=O)(c1ccccc1)C(F)(F)S(=O)(=O)c1ccccc1. The zero-order chi connectivity index (χ0) is 15.7. The van der Waals surface area contributed by atoms with Gasteiger partial charge >= 0.3 is 4.59 Å². The molecule has 0 saturated heterocycles. The third-order valence-corrected chi connectivity index (χ3v) is 7.09. The fourth-order valence-electron chi connectivity index (χ4n) is 1.62. The molecule has 2 aromatic rings. The molecule has 0 aliphatic heterocycles. The zero-order valence-corrected chi connectivity index (χ0v) is 12.1. The van der Waals surface area contributed by atoms with Crippen LogP contribution in [0.1, 0.15) is 0 Å². The van der Waals surface area contributed by atoms with Gasteiger partial charge in [-0.3, -0.25) is 0 Å². The smallest absolute Gasteiger partial charge is 0.216 e. The lowest BCUT2D eigenvalue weighted by atomic mass is 10.4. The quantitative estimate of drug-likeness (QED) is 0.862. The second kappa shape index (κ2) is 5.19. The van der Waals surface area contributed by atoms with Crippen molar-refractivity contribution >= 4 is 19.7 Å². The maximum atomic E-state index is 14.2. The van der Waals surface area contributed by atoms with Gasteiger partial charge in [0.25, 0.3) is 19.7 Å². The highest BCUT2D eigenvalue weighted by Crippen LogP contribution is 2.37. The number of halogens is 2. The Morgan fingerprint density at radius 3 is 1.19 bits per heavy atom. The first-order chi connectivity index (χ1) is 9.71. The van der Waals surface area contributed by atoms with E-state index in [1.807, 2.05) is 0 Å². The number of rotatable bonds is 4. The van der Waals surface area contributed by atoms with E-state index in [9.17, 15) is 25.6 Å². The predicted molar refractivity (Wildman–Crippen MR) is 72.2 cm³/mol. The maximum Gasteiger partial charge on any atom is 0.453 e. The Hall–Kier alpha value is -1.80. The van der Waals surface area contributed by atoms with E-state index in [0.29, 0.717) is 0 Å². The molecule has 0 spiro atoms. The van der Waals surface area contributed by atoms with Crippen molar-refractivity contribution in [3.63, 3.8) is 0 Å². The molecule has 0 atom stereocenters. The summed E-state index contributed by atoms with van der Waals surface area (Å²) in [5.74, 6) is 0. The summed E-state index contributed by atoms with van der Waals surface area (Å²) in [5, 5.41) is 0. The molecule has 0 heterocycles. The van der Waals surface area contributed by atoms with E-state index < -0.39 is 34.1 Å². The Kier molecular flexibility index (Phi) is 3.85. The van der Waals surface area contributed by atoms with Crippen LogP contribution >= 0.6 is 0 Å². The minimum absolute atomic E-state index is 0.755. The standard InChI is InChI=1S/C13H10F2O4S2/c14-13(15,20(16,17)11-7-3-1-4-8-11)21(18,19)12-9-5-2-6-10-12/h1-10H. The lowest BCUT2D eigenvalue weighted by molar-refractivity contribution is 0.180. The number of hydrogen-bond donors (Lipinski definition) is 0. The molecule has 21 heavy (non-hydrogen) atoms. The average molecular weight is 332 g/mol. The van der Waals surface area contributed by atoms with E-state index >= 15 is 0 Å². The van der Waals surface area contributed by atoms with Gasteiger partial charge in [0.05, 0.1) is 9.79 Å². The third kappa shape index (κ3) is 2.44. The average Bonchev–Trinajstić information content (AvgIpc) is 2.48. The first-order valence-electron chi connectivity index (χ1n) is 5.68. The minimum atomic E-state index is -5.37. The Bertz CT molecular complexity index is 759. The van der Waals surface area contributed by atoms with E-state index in [4.69, 9.17) is 0 Å². The van der Waals surface area contributed by atoms with Crippen LogP contribution in [0.3, 0.4) is 0 Å². The van der Waals surface area contributed by atoms with Gasteiger partial charge in [0.2, 0.25) is 0 Å². The summed E-state index contributed by atoms with van der Waals surface area (Å²) in [7, 11) is -10.7. The molecule has 0 fully saturated rings. The van der Waals surface area contributed by atoms with E-state index in [0.717, 1.165) is 24.3 Å².